The number of nitrogens with one attached hydrogen (secondary N) is 1. The van der Waals surface area contributed by atoms with E-state index in [9.17, 15) is 13.2 Å². The summed E-state index contributed by atoms with van der Waals surface area (Å²) in [5.74, 6) is -0.152. The fraction of sp³-hybridized carbons (Fsp3) is 0.444. The van der Waals surface area contributed by atoms with Crippen molar-refractivity contribution in [1.29, 1.82) is 0 Å². The predicted octanol–water partition coefficient (Wildman–Crippen LogP) is 3.96. The van der Waals surface area contributed by atoms with Crippen molar-refractivity contribution in [3.8, 4) is 0 Å². The number of amides is 1. The average molecular weight is 399 g/mol. The Hall–Kier alpha value is -1.86. The molecule has 0 unspecified atom stereocenters. The zero-order valence-corrected chi connectivity index (χ0v) is 17.0. The molecule has 1 amide bonds. The lowest BCUT2D eigenvalue weighted by molar-refractivity contribution is -0.117. The zero-order chi connectivity index (χ0) is 19.8. The summed E-state index contributed by atoms with van der Waals surface area (Å²) in [5.41, 5.74) is 0.290. The van der Waals surface area contributed by atoms with E-state index in [0.717, 1.165) is 0 Å². The van der Waals surface area contributed by atoms with E-state index >= 15 is 0 Å². The van der Waals surface area contributed by atoms with Crippen LogP contribution in [-0.2, 0) is 25.8 Å². The number of rotatable bonds is 5. The van der Waals surface area contributed by atoms with Gasteiger partial charge in [0.15, 0.2) is 15.7 Å². The van der Waals surface area contributed by atoms with Gasteiger partial charge in [-0.15, -0.1) is 0 Å². The van der Waals surface area contributed by atoms with Crippen molar-refractivity contribution < 1.29 is 17.7 Å². The third-order valence-corrected chi connectivity index (χ3v) is 6.79. The number of carbonyl (C=O) groups is 1. The Morgan fingerprint density at radius 3 is 2.23 bits per heavy atom. The van der Waals surface area contributed by atoms with Gasteiger partial charge in [-0.05, 0) is 31.5 Å². The van der Waals surface area contributed by atoms with Gasteiger partial charge in [-0.25, -0.2) is 8.42 Å². The fourth-order valence-electron chi connectivity index (χ4n) is 2.08. The van der Waals surface area contributed by atoms with Gasteiger partial charge in [-0.2, -0.15) is 0 Å². The van der Waals surface area contributed by atoms with E-state index in [-0.39, 0.29) is 17.0 Å². The number of benzene rings is 1. The molecule has 6 nitrogen and oxygen atoms in total. The van der Waals surface area contributed by atoms with Crippen molar-refractivity contribution in [2.24, 2.45) is 0 Å². The molecule has 0 saturated heterocycles. The Morgan fingerprint density at radius 2 is 1.73 bits per heavy atom. The number of aromatic nitrogens is 1. The van der Waals surface area contributed by atoms with Crippen LogP contribution in [0.2, 0.25) is 5.02 Å². The number of nitrogens with zero attached hydrogens (tertiary/aromatic N) is 1. The molecule has 26 heavy (non-hydrogen) atoms. The van der Waals surface area contributed by atoms with Crippen molar-refractivity contribution in [1.82, 2.24) is 5.16 Å². The highest BCUT2D eigenvalue weighted by atomic mass is 35.5. The second-order valence-electron chi connectivity index (χ2n) is 7.68. The molecule has 1 aromatic heterocycles. The summed E-state index contributed by atoms with van der Waals surface area (Å²) in [6.45, 7) is 8.58. The number of hydrogen-bond acceptors (Lipinski definition) is 5. The van der Waals surface area contributed by atoms with Gasteiger partial charge in [0, 0.05) is 16.5 Å². The van der Waals surface area contributed by atoms with Gasteiger partial charge in [0.2, 0.25) is 5.91 Å². The minimum atomic E-state index is -3.78. The molecule has 1 heterocycles. The third kappa shape index (κ3) is 4.45. The quantitative estimate of drug-likeness (QED) is 0.823. The van der Waals surface area contributed by atoms with Gasteiger partial charge in [0.25, 0.3) is 0 Å². The lowest BCUT2D eigenvalue weighted by Gasteiger charge is -2.23. The van der Waals surface area contributed by atoms with Crippen molar-refractivity contribution in [2.75, 3.05) is 5.32 Å². The highest BCUT2D eigenvalue weighted by Gasteiger charge is 2.42. The first kappa shape index (κ1) is 20.5. The molecule has 0 saturated carbocycles. The van der Waals surface area contributed by atoms with Gasteiger partial charge in [0.1, 0.15) is 10.5 Å². The van der Waals surface area contributed by atoms with Crippen molar-refractivity contribution in [3.05, 3.63) is 46.7 Å². The van der Waals surface area contributed by atoms with Crippen molar-refractivity contribution in [2.45, 2.75) is 50.5 Å². The summed E-state index contributed by atoms with van der Waals surface area (Å²) < 4.78 is 29.1. The molecule has 0 fully saturated rings. The molecule has 0 bridgehead atoms. The largest absolute Gasteiger partial charge is 0.359 e. The topological polar surface area (TPSA) is 89.3 Å². The fourth-order valence-corrected chi connectivity index (χ4v) is 3.53. The van der Waals surface area contributed by atoms with Crippen molar-refractivity contribution >= 4 is 33.2 Å². The molecule has 2 rings (SSSR count). The average Bonchev–Trinajstić information content (AvgIpc) is 2.98. The van der Waals surface area contributed by atoms with Gasteiger partial charge >= 0.3 is 0 Å². The van der Waals surface area contributed by atoms with Crippen LogP contribution in [0.4, 0.5) is 5.82 Å². The van der Waals surface area contributed by atoms with Crippen LogP contribution in [0.1, 0.15) is 45.9 Å². The first-order valence-electron chi connectivity index (χ1n) is 8.08. The summed E-state index contributed by atoms with van der Waals surface area (Å²) in [4.78, 5) is 12.6. The molecule has 1 N–H and O–H groups in total. The number of halogens is 1. The molecule has 1 aromatic carbocycles. The maximum Gasteiger partial charge on any atom is 0.246 e. The Kier molecular flexibility index (Phi) is 5.54. The SMILES string of the molecule is CC(C)(C)c1cc(NC(=O)C(C)(C)S(=O)(=O)Cc2ccc(Cl)cc2)no1. The first-order chi connectivity index (χ1) is 11.8. The van der Waals surface area contributed by atoms with E-state index < -0.39 is 20.5 Å². The Morgan fingerprint density at radius 1 is 1.15 bits per heavy atom. The molecule has 0 aliphatic heterocycles. The van der Waals surface area contributed by atoms with E-state index in [1.807, 2.05) is 20.8 Å². The van der Waals surface area contributed by atoms with Crippen LogP contribution in [0.15, 0.2) is 34.9 Å². The molecule has 0 aliphatic rings. The molecular weight excluding hydrogens is 376 g/mol. The molecule has 142 valence electrons. The Bertz CT molecular complexity index is 894. The van der Waals surface area contributed by atoms with Gasteiger partial charge < -0.3 is 9.84 Å². The lowest BCUT2D eigenvalue weighted by atomic mass is 9.93. The van der Waals surface area contributed by atoms with Crippen LogP contribution >= 0.6 is 11.6 Å². The number of sulfone groups is 1. The smallest absolute Gasteiger partial charge is 0.246 e. The second kappa shape index (κ2) is 7.04. The molecule has 0 spiro atoms. The van der Waals surface area contributed by atoms with Crippen LogP contribution in [-0.4, -0.2) is 24.2 Å². The number of hydrogen-bond donors (Lipinski definition) is 1. The lowest BCUT2D eigenvalue weighted by Crippen LogP contribution is -2.45. The monoisotopic (exact) mass is 398 g/mol. The molecule has 8 heteroatoms. The van der Waals surface area contributed by atoms with E-state index in [1.165, 1.54) is 13.8 Å². The van der Waals surface area contributed by atoms with Crippen LogP contribution in [0.3, 0.4) is 0 Å². The third-order valence-electron chi connectivity index (χ3n) is 4.09. The van der Waals surface area contributed by atoms with Gasteiger partial charge in [0.05, 0.1) is 5.75 Å². The molecule has 0 aliphatic carbocycles. The maximum absolute atomic E-state index is 12.8. The minimum absolute atomic E-state index is 0.190. The maximum atomic E-state index is 12.8. The molecule has 0 atom stereocenters. The number of anilines is 1. The normalized spacial score (nSPS) is 12.8. The van der Waals surface area contributed by atoms with Gasteiger partial charge in [-0.1, -0.05) is 49.7 Å². The van der Waals surface area contributed by atoms with Gasteiger partial charge in [-0.3, -0.25) is 4.79 Å². The summed E-state index contributed by atoms with van der Waals surface area (Å²) in [6, 6.07) is 8.08. The van der Waals surface area contributed by atoms with Crippen LogP contribution in [0.25, 0.3) is 0 Å². The predicted molar refractivity (Wildman–Crippen MR) is 102 cm³/mol. The van der Waals surface area contributed by atoms with E-state index in [4.69, 9.17) is 16.1 Å². The van der Waals surface area contributed by atoms with Crippen LogP contribution < -0.4 is 5.32 Å². The minimum Gasteiger partial charge on any atom is -0.359 e. The van der Waals surface area contributed by atoms with E-state index in [0.29, 0.717) is 16.3 Å². The van der Waals surface area contributed by atoms with Crippen molar-refractivity contribution in [3.63, 3.8) is 0 Å². The molecule has 2 aromatic rings. The highest BCUT2D eigenvalue weighted by molar-refractivity contribution is 7.92. The summed E-state index contributed by atoms with van der Waals surface area (Å²) >= 11 is 5.82. The molecule has 0 radical (unpaired) electrons. The Balaban J connectivity index is 2.17. The van der Waals surface area contributed by atoms with E-state index in [1.54, 1.807) is 30.3 Å². The summed E-state index contributed by atoms with van der Waals surface area (Å²) in [7, 11) is -3.78. The van der Waals surface area contributed by atoms with Crippen LogP contribution in [0.5, 0.6) is 0 Å². The van der Waals surface area contributed by atoms with Crippen LogP contribution in [0, 0.1) is 0 Å². The molecular formula is C18H23ClN2O4S. The zero-order valence-electron chi connectivity index (χ0n) is 15.5. The first-order valence-corrected chi connectivity index (χ1v) is 10.1. The summed E-state index contributed by atoms with van der Waals surface area (Å²) in [6.07, 6.45) is 0. The highest BCUT2D eigenvalue weighted by Crippen LogP contribution is 2.27. The number of carbonyl (C=O) groups excluding carboxylic acids is 1. The summed E-state index contributed by atoms with van der Waals surface area (Å²) in [5, 5.41) is 6.84. The van der Waals surface area contributed by atoms with E-state index in [2.05, 4.69) is 10.5 Å². The Labute approximate surface area is 158 Å². The second-order valence-corrected chi connectivity index (χ2v) is 10.7. The standard InChI is InChI=1S/C18H23ClN2O4S/c1-17(2,3)14-10-15(21-25-14)20-16(22)18(4,5)26(23,24)11-12-6-8-13(19)9-7-12/h6-10H,11H2,1-5H3,(H,20,21,22).